The Morgan fingerprint density at radius 3 is 2.86 bits per heavy atom. The molecule has 1 aromatic carbocycles. The van der Waals surface area contributed by atoms with Gasteiger partial charge in [0.25, 0.3) is 0 Å². The summed E-state index contributed by atoms with van der Waals surface area (Å²) in [5.41, 5.74) is 2.52. The lowest BCUT2D eigenvalue weighted by atomic mass is 10.1. The van der Waals surface area contributed by atoms with Crippen molar-refractivity contribution in [1.29, 1.82) is 0 Å². The summed E-state index contributed by atoms with van der Waals surface area (Å²) in [6.45, 7) is 8.26. The van der Waals surface area contributed by atoms with Gasteiger partial charge < -0.3 is 10.2 Å². The number of carbonyl (C=O) groups is 1. The van der Waals surface area contributed by atoms with E-state index in [0.717, 1.165) is 19.5 Å². The van der Waals surface area contributed by atoms with Gasteiger partial charge in [-0.3, -0.25) is 4.79 Å². The number of aryl methyl sites for hydroxylation is 2. The molecule has 0 spiro atoms. The molecule has 1 heterocycles. The number of benzene rings is 1. The quantitative estimate of drug-likeness (QED) is 0.873. The van der Waals surface area contributed by atoms with Crippen molar-refractivity contribution < 1.29 is 4.79 Å². The second-order valence-electron chi connectivity index (χ2n) is 6.42. The molecule has 0 saturated carbocycles. The lowest BCUT2D eigenvalue weighted by molar-refractivity contribution is -0.133. The number of nitrogens with one attached hydrogen (secondary N) is 1. The van der Waals surface area contributed by atoms with Crippen molar-refractivity contribution in [2.75, 3.05) is 13.1 Å². The Hall–Kier alpha value is -1.35. The zero-order valence-electron chi connectivity index (χ0n) is 13.6. The lowest BCUT2D eigenvalue weighted by Crippen LogP contribution is -2.44. The molecular weight excluding hydrogens is 260 g/mol. The monoisotopic (exact) mass is 288 g/mol. The van der Waals surface area contributed by atoms with Gasteiger partial charge in [-0.05, 0) is 52.1 Å². The van der Waals surface area contributed by atoms with E-state index in [9.17, 15) is 4.79 Å². The maximum Gasteiger partial charge on any atom is 0.223 e. The molecule has 1 N–H and O–H groups in total. The maximum atomic E-state index is 12.5. The Morgan fingerprint density at radius 1 is 1.43 bits per heavy atom. The van der Waals surface area contributed by atoms with Crippen LogP contribution < -0.4 is 5.32 Å². The van der Waals surface area contributed by atoms with E-state index in [-0.39, 0.29) is 11.9 Å². The van der Waals surface area contributed by atoms with Gasteiger partial charge >= 0.3 is 0 Å². The molecule has 116 valence electrons. The van der Waals surface area contributed by atoms with E-state index in [0.29, 0.717) is 12.5 Å². The van der Waals surface area contributed by atoms with Crippen LogP contribution in [0.15, 0.2) is 24.3 Å². The number of rotatable bonds is 6. The molecule has 2 rings (SSSR count). The molecule has 1 atom stereocenters. The van der Waals surface area contributed by atoms with E-state index in [4.69, 9.17) is 0 Å². The lowest BCUT2D eigenvalue weighted by Gasteiger charge is -2.29. The highest BCUT2D eigenvalue weighted by Gasteiger charge is 2.23. The van der Waals surface area contributed by atoms with Gasteiger partial charge in [0.2, 0.25) is 5.91 Å². The van der Waals surface area contributed by atoms with Crippen LogP contribution in [0.3, 0.4) is 0 Å². The average Bonchev–Trinajstić information content (AvgIpc) is 2.95. The molecule has 1 aromatic rings. The van der Waals surface area contributed by atoms with Crippen molar-refractivity contribution in [3.63, 3.8) is 0 Å². The van der Waals surface area contributed by atoms with Crippen LogP contribution >= 0.6 is 0 Å². The molecule has 21 heavy (non-hydrogen) atoms. The van der Waals surface area contributed by atoms with E-state index in [1.807, 2.05) is 4.90 Å². The van der Waals surface area contributed by atoms with Crippen molar-refractivity contribution in [2.24, 2.45) is 0 Å². The highest BCUT2D eigenvalue weighted by molar-refractivity contribution is 5.76. The fourth-order valence-electron chi connectivity index (χ4n) is 3.01. The Balaban J connectivity index is 1.88. The van der Waals surface area contributed by atoms with Crippen molar-refractivity contribution in [1.82, 2.24) is 10.2 Å². The predicted octanol–water partition coefficient (Wildman–Crippen LogP) is 2.92. The average molecular weight is 288 g/mol. The SMILES string of the molecule is Cc1cccc(CCC(=O)N(CC2CCCN2)C(C)C)c1. The molecule has 1 saturated heterocycles. The summed E-state index contributed by atoms with van der Waals surface area (Å²) in [7, 11) is 0. The van der Waals surface area contributed by atoms with Crippen LogP contribution in [-0.4, -0.2) is 36.0 Å². The first-order valence-electron chi connectivity index (χ1n) is 8.14. The third kappa shape index (κ3) is 4.85. The topological polar surface area (TPSA) is 32.3 Å². The van der Waals surface area contributed by atoms with Crippen molar-refractivity contribution >= 4 is 5.91 Å². The first-order valence-corrected chi connectivity index (χ1v) is 8.14. The summed E-state index contributed by atoms with van der Waals surface area (Å²) in [6, 6.07) is 9.20. The van der Waals surface area contributed by atoms with Gasteiger partial charge in [0.1, 0.15) is 0 Å². The molecule has 1 aliphatic rings. The number of hydrogen-bond donors (Lipinski definition) is 1. The van der Waals surface area contributed by atoms with Crippen molar-refractivity contribution in [3.05, 3.63) is 35.4 Å². The van der Waals surface area contributed by atoms with Gasteiger partial charge in [-0.1, -0.05) is 29.8 Å². The molecule has 1 unspecified atom stereocenters. The summed E-state index contributed by atoms with van der Waals surface area (Å²) in [6.07, 6.45) is 3.86. The minimum Gasteiger partial charge on any atom is -0.339 e. The molecule has 0 aliphatic carbocycles. The minimum atomic E-state index is 0.275. The molecule has 0 bridgehead atoms. The van der Waals surface area contributed by atoms with Gasteiger partial charge in [0.05, 0.1) is 0 Å². The standard InChI is InChI=1S/C18H28N2O/c1-14(2)20(13-17-8-5-11-19-17)18(21)10-9-16-7-4-6-15(3)12-16/h4,6-7,12,14,17,19H,5,8-11,13H2,1-3H3. The molecule has 0 aromatic heterocycles. The number of amides is 1. The van der Waals surface area contributed by atoms with E-state index >= 15 is 0 Å². The van der Waals surface area contributed by atoms with Gasteiger partial charge in [-0.2, -0.15) is 0 Å². The zero-order chi connectivity index (χ0) is 15.2. The highest BCUT2D eigenvalue weighted by Crippen LogP contribution is 2.13. The third-order valence-electron chi connectivity index (χ3n) is 4.23. The van der Waals surface area contributed by atoms with Gasteiger partial charge in [0.15, 0.2) is 0 Å². The highest BCUT2D eigenvalue weighted by atomic mass is 16.2. The van der Waals surface area contributed by atoms with Crippen LogP contribution in [0.2, 0.25) is 0 Å². The van der Waals surface area contributed by atoms with Gasteiger partial charge in [-0.25, -0.2) is 0 Å². The van der Waals surface area contributed by atoms with Crippen LogP contribution in [0.25, 0.3) is 0 Å². The first-order chi connectivity index (χ1) is 10.1. The molecule has 1 aliphatic heterocycles. The smallest absolute Gasteiger partial charge is 0.223 e. The molecular formula is C18H28N2O. The van der Waals surface area contributed by atoms with E-state index in [1.54, 1.807) is 0 Å². The fourth-order valence-corrected chi connectivity index (χ4v) is 3.01. The first kappa shape index (κ1) is 16.0. The summed E-state index contributed by atoms with van der Waals surface area (Å²) < 4.78 is 0. The van der Waals surface area contributed by atoms with Crippen molar-refractivity contribution in [3.8, 4) is 0 Å². The summed E-state index contributed by atoms with van der Waals surface area (Å²) in [5.74, 6) is 0.278. The Bertz CT molecular complexity index is 464. The molecule has 1 amide bonds. The molecule has 0 radical (unpaired) electrons. The number of carbonyl (C=O) groups excluding carboxylic acids is 1. The maximum absolute atomic E-state index is 12.5. The Labute approximate surface area is 128 Å². The number of nitrogens with zero attached hydrogens (tertiary/aromatic N) is 1. The van der Waals surface area contributed by atoms with Crippen LogP contribution in [0.1, 0.15) is 44.2 Å². The Kier molecular flexibility index (Phi) is 5.80. The summed E-state index contributed by atoms with van der Waals surface area (Å²) in [5, 5.41) is 3.48. The van der Waals surface area contributed by atoms with E-state index in [2.05, 4.69) is 50.4 Å². The fraction of sp³-hybridized carbons (Fsp3) is 0.611. The molecule has 3 heteroatoms. The summed E-state index contributed by atoms with van der Waals surface area (Å²) in [4.78, 5) is 14.6. The van der Waals surface area contributed by atoms with Gasteiger partial charge in [-0.15, -0.1) is 0 Å². The van der Waals surface area contributed by atoms with E-state index in [1.165, 1.54) is 24.0 Å². The predicted molar refractivity (Wildman–Crippen MR) is 87.4 cm³/mol. The second kappa shape index (κ2) is 7.60. The van der Waals surface area contributed by atoms with Crippen LogP contribution in [0.5, 0.6) is 0 Å². The van der Waals surface area contributed by atoms with Crippen LogP contribution in [0, 0.1) is 6.92 Å². The molecule has 1 fully saturated rings. The normalized spacial score (nSPS) is 18.2. The van der Waals surface area contributed by atoms with Crippen LogP contribution in [0.4, 0.5) is 0 Å². The zero-order valence-corrected chi connectivity index (χ0v) is 13.6. The molecule has 3 nitrogen and oxygen atoms in total. The third-order valence-corrected chi connectivity index (χ3v) is 4.23. The Morgan fingerprint density at radius 2 is 2.24 bits per heavy atom. The summed E-state index contributed by atoms with van der Waals surface area (Å²) >= 11 is 0. The van der Waals surface area contributed by atoms with Crippen molar-refractivity contribution in [2.45, 2.75) is 58.5 Å². The second-order valence-corrected chi connectivity index (χ2v) is 6.42. The largest absolute Gasteiger partial charge is 0.339 e. The van der Waals surface area contributed by atoms with E-state index < -0.39 is 0 Å². The minimum absolute atomic E-state index is 0.275. The van der Waals surface area contributed by atoms with Gasteiger partial charge in [0, 0.05) is 25.0 Å². The number of hydrogen-bond acceptors (Lipinski definition) is 2. The van der Waals surface area contributed by atoms with Crippen LogP contribution in [-0.2, 0) is 11.2 Å².